The Labute approximate surface area is 114 Å². The van der Waals surface area contributed by atoms with Gasteiger partial charge in [0, 0.05) is 22.6 Å². The van der Waals surface area contributed by atoms with Crippen molar-refractivity contribution in [2.45, 2.75) is 16.3 Å². The van der Waals surface area contributed by atoms with E-state index in [1.54, 1.807) is 0 Å². The molecule has 1 aromatic heterocycles. The number of aromatic nitrogens is 1. The molecule has 0 bridgehead atoms. The van der Waals surface area contributed by atoms with Crippen LogP contribution < -0.4 is 17.2 Å². The van der Waals surface area contributed by atoms with E-state index >= 15 is 0 Å². The van der Waals surface area contributed by atoms with Crippen LogP contribution in [0.25, 0.3) is 0 Å². The molecular formula is C13H11N5S. The number of hydrogen-bond donors (Lipinski definition) is 3. The number of pyridine rings is 1. The van der Waals surface area contributed by atoms with E-state index in [0.29, 0.717) is 17.8 Å². The predicted molar refractivity (Wildman–Crippen MR) is 75.6 cm³/mol. The molecule has 19 heavy (non-hydrogen) atoms. The maximum atomic E-state index is 9.06. The molecule has 0 fully saturated rings. The summed E-state index contributed by atoms with van der Waals surface area (Å²) < 4.78 is 0. The first-order chi connectivity index (χ1) is 9.10. The fourth-order valence-corrected chi connectivity index (χ4v) is 3.20. The third-order valence-electron chi connectivity index (χ3n) is 3.10. The number of hydrogen-bond acceptors (Lipinski definition) is 6. The molecule has 2 heterocycles. The summed E-state index contributed by atoms with van der Waals surface area (Å²) in [7, 11) is 0. The fraction of sp³-hybridized carbons (Fsp3) is 0.0769. The van der Waals surface area contributed by atoms with E-state index in [1.165, 1.54) is 11.8 Å². The van der Waals surface area contributed by atoms with Crippen LogP contribution >= 0.6 is 11.8 Å². The van der Waals surface area contributed by atoms with E-state index in [0.717, 1.165) is 21.0 Å². The number of anilines is 3. The van der Waals surface area contributed by atoms with Gasteiger partial charge in [0.05, 0.1) is 5.69 Å². The molecule has 5 nitrogen and oxygen atoms in total. The van der Waals surface area contributed by atoms with Crippen LogP contribution in [-0.4, -0.2) is 4.98 Å². The lowest BCUT2D eigenvalue weighted by Gasteiger charge is -2.21. The maximum Gasteiger partial charge on any atom is 0.144 e. The van der Waals surface area contributed by atoms with Crippen LogP contribution in [0.5, 0.6) is 0 Å². The summed E-state index contributed by atoms with van der Waals surface area (Å²) in [6, 6.07) is 7.74. The topological polar surface area (TPSA) is 115 Å². The molecule has 0 saturated carbocycles. The van der Waals surface area contributed by atoms with E-state index in [1.807, 2.05) is 24.3 Å². The highest BCUT2D eigenvalue weighted by atomic mass is 32.2. The summed E-state index contributed by atoms with van der Waals surface area (Å²) in [5.41, 5.74) is 20.9. The normalized spacial score (nSPS) is 12.4. The summed E-state index contributed by atoms with van der Waals surface area (Å²) in [5.74, 6) is 0.185. The molecule has 0 saturated heterocycles. The molecular weight excluding hydrogens is 258 g/mol. The third-order valence-corrected chi connectivity index (χ3v) is 4.25. The second-order valence-corrected chi connectivity index (χ2v) is 5.36. The van der Waals surface area contributed by atoms with Crippen LogP contribution in [0.15, 0.2) is 28.1 Å². The molecule has 1 aromatic carbocycles. The molecule has 0 aliphatic carbocycles. The summed E-state index contributed by atoms with van der Waals surface area (Å²) in [5, 5.41) is 9.83. The van der Waals surface area contributed by atoms with Crippen molar-refractivity contribution in [2.24, 2.45) is 0 Å². The fourth-order valence-electron chi connectivity index (χ4n) is 2.14. The summed E-state index contributed by atoms with van der Waals surface area (Å²) >= 11 is 1.50. The number of fused-ring (bicyclic) bond motifs is 2. The summed E-state index contributed by atoms with van der Waals surface area (Å²) in [4.78, 5) is 5.37. The highest BCUT2D eigenvalue weighted by Gasteiger charge is 2.23. The first kappa shape index (κ1) is 11.7. The lowest BCUT2D eigenvalue weighted by molar-refractivity contribution is 0.984. The van der Waals surface area contributed by atoms with Gasteiger partial charge < -0.3 is 17.2 Å². The molecule has 0 spiro atoms. The minimum atomic E-state index is 0.185. The van der Waals surface area contributed by atoms with Gasteiger partial charge in [0.15, 0.2) is 0 Å². The van der Waals surface area contributed by atoms with Gasteiger partial charge in [0.1, 0.15) is 22.5 Å². The number of benzene rings is 1. The lowest BCUT2D eigenvalue weighted by atomic mass is 10.0. The molecule has 1 aliphatic rings. The van der Waals surface area contributed by atoms with Crippen LogP contribution in [0, 0.1) is 11.3 Å². The number of nitriles is 1. The molecule has 3 rings (SSSR count). The van der Waals surface area contributed by atoms with Gasteiger partial charge in [-0.05, 0) is 23.8 Å². The van der Waals surface area contributed by atoms with Crippen molar-refractivity contribution in [3.8, 4) is 6.07 Å². The van der Waals surface area contributed by atoms with Gasteiger partial charge in [-0.2, -0.15) is 5.26 Å². The monoisotopic (exact) mass is 269 g/mol. The quantitative estimate of drug-likeness (QED) is 0.536. The number of nitrogens with two attached hydrogens (primary N) is 3. The van der Waals surface area contributed by atoms with Gasteiger partial charge in [0.2, 0.25) is 0 Å². The lowest BCUT2D eigenvalue weighted by Crippen LogP contribution is -2.10. The van der Waals surface area contributed by atoms with Crippen LogP contribution in [0.4, 0.5) is 17.2 Å². The Morgan fingerprint density at radius 2 is 2.05 bits per heavy atom. The van der Waals surface area contributed by atoms with E-state index in [-0.39, 0.29) is 11.4 Å². The van der Waals surface area contributed by atoms with Gasteiger partial charge in [-0.15, -0.1) is 0 Å². The van der Waals surface area contributed by atoms with Gasteiger partial charge in [-0.3, -0.25) is 0 Å². The van der Waals surface area contributed by atoms with Gasteiger partial charge in [-0.25, -0.2) is 4.98 Å². The first-order valence-corrected chi connectivity index (χ1v) is 6.46. The summed E-state index contributed by atoms with van der Waals surface area (Å²) in [6.45, 7) is 0. The Kier molecular flexibility index (Phi) is 2.50. The van der Waals surface area contributed by atoms with Crippen LogP contribution in [-0.2, 0) is 6.42 Å². The van der Waals surface area contributed by atoms with Crippen molar-refractivity contribution in [3.63, 3.8) is 0 Å². The van der Waals surface area contributed by atoms with Crippen LogP contribution in [0.2, 0.25) is 0 Å². The van der Waals surface area contributed by atoms with E-state index < -0.39 is 0 Å². The minimum Gasteiger partial charge on any atom is -0.399 e. The number of nitrogens with zero attached hydrogens (tertiary/aromatic N) is 2. The van der Waals surface area contributed by atoms with Crippen LogP contribution in [0.1, 0.15) is 16.7 Å². The molecule has 94 valence electrons. The maximum absolute atomic E-state index is 9.06. The Balaban J connectivity index is 2.18. The van der Waals surface area contributed by atoms with Gasteiger partial charge in [-0.1, -0.05) is 11.8 Å². The average Bonchev–Trinajstić information content (AvgIpc) is 2.38. The highest BCUT2D eigenvalue weighted by molar-refractivity contribution is 7.99. The molecule has 0 atom stereocenters. The van der Waals surface area contributed by atoms with Crippen molar-refractivity contribution in [1.82, 2.24) is 4.98 Å². The van der Waals surface area contributed by atoms with E-state index in [2.05, 4.69) is 4.98 Å². The SMILES string of the molecule is N#Cc1c(N)nc2c(c1N)Cc1cc(N)ccc1S2. The Hall–Kier alpha value is -2.39. The zero-order chi connectivity index (χ0) is 13.6. The van der Waals surface area contributed by atoms with Crippen molar-refractivity contribution in [1.29, 1.82) is 5.26 Å². The second-order valence-electron chi connectivity index (χ2n) is 4.33. The molecule has 0 amide bonds. The predicted octanol–water partition coefficient (Wildman–Crippen LogP) is 1.76. The van der Waals surface area contributed by atoms with E-state index in [4.69, 9.17) is 22.5 Å². The molecule has 0 unspecified atom stereocenters. The standard InChI is InChI=1S/C13H11N5S/c14-5-9-11(16)8-4-6-3-7(15)1-2-10(6)19-13(8)18-12(9)17/h1-3H,4,15H2,(H4,16,17,18). The molecule has 0 radical (unpaired) electrons. The smallest absolute Gasteiger partial charge is 0.144 e. The molecule has 6 N–H and O–H groups in total. The zero-order valence-electron chi connectivity index (χ0n) is 9.97. The summed E-state index contributed by atoms with van der Waals surface area (Å²) in [6.07, 6.45) is 0.622. The largest absolute Gasteiger partial charge is 0.399 e. The third kappa shape index (κ3) is 1.75. The Morgan fingerprint density at radius 1 is 1.26 bits per heavy atom. The Bertz CT molecular complexity index is 733. The highest BCUT2D eigenvalue weighted by Crippen LogP contribution is 2.42. The van der Waals surface area contributed by atoms with Crippen molar-refractivity contribution in [3.05, 3.63) is 34.9 Å². The minimum absolute atomic E-state index is 0.185. The van der Waals surface area contributed by atoms with Gasteiger partial charge in [0.25, 0.3) is 0 Å². The number of rotatable bonds is 0. The van der Waals surface area contributed by atoms with Crippen molar-refractivity contribution in [2.75, 3.05) is 17.2 Å². The molecule has 1 aliphatic heterocycles. The number of nitrogen functional groups attached to an aromatic ring is 3. The molecule has 2 aromatic rings. The van der Waals surface area contributed by atoms with Crippen LogP contribution in [0.3, 0.4) is 0 Å². The molecule has 6 heteroatoms. The second kappa shape index (κ2) is 4.07. The Morgan fingerprint density at radius 3 is 2.79 bits per heavy atom. The van der Waals surface area contributed by atoms with Crippen molar-refractivity contribution >= 4 is 29.0 Å². The zero-order valence-corrected chi connectivity index (χ0v) is 10.8. The van der Waals surface area contributed by atoms with Crippen molar-refractivity contribution < 1.29 is 0 Å². The first-order valence-electron chi connectivity index (χ1n) is 5.64. The van der Waals surface area contributed by atoms with Gasteiger partial charge >= 0.3 is 0 Å². The average molecular weight is 269 g/mol. The van der Waals surface area contributed by atoms with E-state index in [9.17, 15) is 0 Å².